The van der Waals surface area contributed by atoms with E-state index in [0.717, 1.165) is 11.3 Å². The molecule has 0 bridgehead atoms. The zero-order chi connectivity index (χ0) is 14.4. The molecule has 0 aliphatic rings. The number of H-pyrrole nitrogens is 1. The van der Waals surface area contributed by atoms with Gasteiger partial charge in [-0.15, -0.1) is 11.3 Å². The molecule has 2 aromatic heterocycles. The smallest absolute Gasteiger partial charge is 0.250 e. The SMILES string of the molecule is O=C(CCNS(=O)(=O)c1cccs1)NCc1ncc[nH]1. The van der Waals surface area contributed by atoms with E-state index in [4.69, 9.17) is 0 Å². The van der Waals surface area contributed by atoms with E-state index >= 15 is 0 Å². The molecular formula is C11H14N4O3S2. The van der Waals surface area contributed by atoms with Crippen molar-refractivity contribution in [1.29, 1.82) is 0 Å². The summed E-state index contributed by atoms with van der Waals surface area (Å²) in [6.45, 7) is 0.355. The fourth-order valence-electron chi connectivity index (χ4n) is 1.45. The van der Waals surface area contributed by atoms with Crippen molar-refractivity contribution in [3.8, 4) is 0 Å². The third-order valence-corrected chi connectivity index (χ3v) is 5.27. The summed E-state index contributed by atoms with van der Waals surface area (Å²) in [4.78, 5) is 18.3. The Hall–Kier alpha value is -1.71. The Morgan fingerprint density at radius 1 is 1.45 bits per heavy atom. The fourth-order valence-corrected chi connectivity index (χ4v) is 3.52. The van der Waals surface area contributed by atoms with Gasteiger partial charge in [-0.1, -0.05) is 6.07 Å². The van der Waals surface area contributed by atoms with Crippen LogP contribution in [0.5, 0.6) is 0 Å². The number of hydrogen-bond acceptors (Lipinski definition) is 5. The molecule has 9 heteroatoms. The van der Waals surface area contributed by atoms with Gasteiger partial charge in [0.1, 0.15) is 10.0 Å². The quantitative estimate of drug-likeness (QED) is 0.690. The van der Waals surface area contributed by atoms with E-state index in [1.54, 1.807) is 23.8 Å². The summed E-state index contributed by atoms with van der Waals surface area (Å²) in [5.74, 6) is 0.410. The Morgan fingerprint density at radius 2 is 2.30 bits per heavy atom. The summed E-state index contributed by atoms with van der Waals surface area (Å²) in [5.41, 5.74) is 0. The highest BCUT2D eigenvalue weighted by Gasteiger charge is 2.14. The first kappa shape index (κ1) is 14.7. The van der Waals surface area contributed by atoms with Gasteiger partial charge < -0.3 is 10.3 Å². The zero-order valence-electron chi connectivity index (χ0n) is 10.5. The Morgan fingerprint density at radius 3 is 2.95 bits per heavy atom. The van der Waals surface area contributed by atoms with Crippen molar-refractivity contribution in [2.45, 2.75) is 17.2 Å². The van der Waals surface area contributed by atoms with Crippen LogP contribution in [0, 0.1) is 0 Å². The highest BCUT2D eigenvalue weighted by atomic mass is 32.2. The number of rotatable bonds is 7. The van der Waals surface area contributed by atoms with Gasteiger partial charge in [0.2, 0.25) is 15.9 Å². The molecule has 2 rings (SSSR count). The third-order valence-electron chi connectivity index (χ3n) is 2.41. The van der Waals surface area contributed by atoms with E-state index in [1.807, 2.05) is 0 Å². The number of carbonyl (C=O) groups is 1. The van der Waals surface area contributed by atoms with Gasteiger partial charge in [-0.2, -0.15) is 0 Å². The van der Waals surface area contributed by atoms with Crippen LogP contribution in [0.15, 0.2) is 34.1 Å². The number of thiophene rings is 1. The van der Waals surface area contributed by atoms with Gasteiger partial charge in [-0.25, -0.2) is 18.1 Å². The summed E-state index contributed by atoms with van der Waals surface area (Å²) in [7, 11) is -3.50. The van der Waals surface area contributed by atoms with Crippen LogP contribution in [0.1, 0.15) is 12.2 Å². The summed E-state index contributed by atoms with van der Waals surface area (Å²) >= 11 is 1.13. The number of aromatic nitrogens is 2. The molecule has 0 aliphatic heterocycles. The standard InChI is InChI=1S/C11H14N4O3S2/c16-10(14-8-9-12-5-6-13-9)3-4-15-20(17,18)11-2-1-7-19-11/h1-2,5-7,15H,3-4,8H2,(H,12,13)(H,14,16). The van der Waals surface area contributed by atoms with Gasteiger partial charge in [0.15, 0.2) is 0 Å². The lowest BCUT2D eigenvalue weighted by atomic mass is 10.4. The monoisotopic (exact) mass is 314 g/mol. The van der Waals surface area contributed by atoms with E-state index in [9.17, 15) is 13.2 Å². The van der Waals surface area contributed by atoms with Crippen molar-refractivity contribution in [3.05, 3.63) is 35.7 Å². The van der Waals surface area contributed by atoms with Crippen LogP contribution in [0.4, 0.5) is 0 Å². The Bertz CT molecular complexity index is 635. The summed E-state index contributed by atoms with van der Waals surface area (Å²) in [6, 6.07) is 3.18. The van der Waals surface area contributed by atoms with Crippen LogP contribution in [0.2, 0.25) is 0 Å². The molecule has 3 N–H and O–H groups in total. The van der Waals surface area contributed by atoms with Gasteiger partial charge in [-0.3, -0.25) is 4.79 Å². The molecule has 7 nitrogen and oxygen atoms in total. The van der Waals surface area contributed by atoms with E-state index in [2.05, 4.69) is 20.0 Å². The van der Waals surface area contributed by atoms with Crippen molar-refractivity contribution in [2.24, 2.45) is 0 Å². The molecule has 2 heterocycles. The van der Waals surface area contributed by atoms with Crippen LogP contribution in [-0.2, 0) is 21.4 Å². The van der Waals surface area contributed by atoms with Gasteiger partial charge >= 0.3 is 0 Å². The molecule has 0 radical (unpaired) electrons. The number of nitrogens with zero attached hydrogens (tertiary/aromatic N) is 1. The maximum absolute atomic E-state index is 11.8. The predicted octanol–water partition coefficient (Wildman–Crippen LogP) is 0.456. The Kier molecular flexibility index (Phi) is 4.88. The predicted molar refractivity (Wildman–Crippen MR) is 74.6 cm³/mol. The Labute approximate surface area is 120 Å². The van der Waals surface area contributed by atoms with Crippen LogP contribution < -0.4 is 10.0 Å². The molecule has 0 aliphatic carbocycles. The second kappa shape index (κ2) is 6.64. The lowest BCUT2D eigenvalue weighted by molar-refractivity contribution is -0.121. The Balaban J connectivity index is 1.71. The fraction of sp³-hybridized carbons (Fsp3) is 0.273. The van der Waals surface area contributed by atoms with E-state index in [1.165, 1.54) is 6.07 Å². The number of imidazole rings is 1. The largest absolute Gasteiger partial charge is 0.349 e. The molecule has 0 aromatic carbocycles. The van der Waals surface area contributed by atoms with Gasteiger partial charge in [-0.05, 0) is 11.4 Å². The minimum Gasteiger partial charge on any atom is -0.349 e. The molecule has 108 valence electrons. The van der Waals surface area contributed by atoms with Crippen molar-refractivity contribution in [3.63, 3.8) is 0 Å². The number of carbonyl (C=O) groups excluding carboxylic acids is 1. The number of sulfonamides is 1. The number of nitrogens with one attached hydrogen (secondary N) is 3. The molecule has 0 atom stereocenters. The van der Waals surface area contributed by atoms with Crippen LogP contribution >= 0.6 is 11.3 Å². The van der Waals surface area contributed by atoms with E-state index in [-0.39, 0.29) is 23.1 Å². The van der Waals surface area contributed by atoms with Crippen molar-refractivity contribution < 1.29 is 13.2 Å². The molecule has 0 unspecified atom stereocenters. The molecule has 0 fully saturated rings. The molecule has 1 amide bonds. The number of aromatic amines is 1. The number of hydrogen-bond donors (Lipinski definition) is 3. The maximum Gasteiger partial charge on any atom is 0.250 e. The van der Waals surface area contributed by atoms with E-state index in [0.29, 0.717) is 12.4 Å². The molecule has 0 spiro atoms. The lowest BCUT2D eigenvalue weighted by Crippen LogP contribution is -2.30. The second-order valence-corrected chi connectivity index (χ2v) is 6.83. The average Bonchev–Trinajstić information content (AvgIpc) is 3.09. The first-order valence-corrected chi connectivity index (χ1v) is 8.22. The van der Waals surface area contributed by atoms with Gasteiger partial charge in [0, 0.05) is 25.4 Å². The molecule has 0 saturated carbocycles. The first-order chi connectivity index (χ1) is 9.58. The molecule has 0 saturated heterocycles. The van der Waals surface area contributed by atoms with E-state index < -0.39 is 10.0 Å². The third kappa shape index (κ3) is 4.15. The lowest BCUT2D eigenvalue weighted by Gasteiger charge is -2.05. The highest BCUT2D eigenvalue weighted by molar-refractivity contribution is 7.91. The van der Waals surface area contributed by atoms with Gasteiger partial charge in [0.25, 0.3) is 0 Å². The van der Waals surface area contributed by atoms with Crippen LogP contribution in [-0.4, -0.2) is 30.8 Å². The summed E-state index contributed by atoms with van der Waals surface area (Å²) in [5, 5.41) is 4.33. The van der Waals surface area contributed by atoms with Crippen molar-refractivity contribution in [1.82, 2.24) is 20.0 Å². The molecular weight excluding hydrogens is 300 g/mol. The minimum absolute atomic E-state index is 0.0597. The van der Waals surface area contributed by atoms with Crippen molar-refractivity contribution >= 4 is 27.3 Å². The molecule has 2 aromatic rings. The summed E-state index contributed by atoms with van der Waals surface area (Å²) < 4.78 is 26.2. The van der Waals surface area contributed by atoms with Crippen LogP contribution in [0.3, 0.4) is 0 Å². The minimum atomic E-state index is -3.50. The number of amides is 1. The highest BCUT2D eigenvalue weighted by Crippen LogP contribution is 2.14. The van der Waals surface area contributed by atoms with Gasteiger partial charge in [0.05, 0.1) is 6.54 Å². The second-order valence-electron chi connectivity index (χ2n) is 3.89. The van der Waals surface area contributed by atoms with Crippen molar-refractivity contribution in [2.75, 3.05) is 6.54 Å². The van der Waals surface area contributed by atoms with Crippen LogP contribution in [0.25, 0.3) is 0 Å². The molecule has 20 heavy (non-hydrogen) atoms. The normalized spacial score (nSPS) is 11.4. The first-order valence-electron chi connectivity index (χ1n) is 5.86. The maximum atomic E-state index is 11.8. The summed E-state index contributed by atoms with van der Waals surface area (Å²) in [6.07, 6.45) is 3.33. The zero-order valence-corrected chi connectivity index (χ0v) is 12.1. The average molecular weight is 314 g/mol. The topological polar surface area (TPSA) is 104 Å².